The molecule has 3 aliphatic rings. The molecule has 24 heavy (non-hydrogen) atoms. The van der Waals surface area contributed by atoms with Crippen LogP contribution in [-0.4, -0.2) is 79.1 Å². The van der Waals surface area contributed by atoms with E-state index in [4.69, 9.17) is 0 Å². The predicted octanol–water partition coefficient (Wildman–Crippen LogP) is 0.802. The first-order valence-corrected chi connectivity index (χ1v) is 9.27. The molecule has 6 heteroatoms. The van der Waals surface area contributed by atoms with Gasteiger partial charge in [0.1, 0.15) is 5.82 Å². The standard InChI is InChI=1S/C18H27N5O/c24-18(16-4-3-6-20-17(16)22-9-1-2-10-22)23-11-5-15(14-23)21-12-7-19-8-13-21/h3-4,6,15,19H,1-2,5,7-14H2. The lowest BCUT2D eigenvalue weighted by Gasteiger charge is -2.32. The number of likely N-dealkylation sites (tertiary alicyclic amines) is 1. The molecular weight excluding hydrogens is 302 g/mol. The van der Waals surface area contributed by atoms with E-state index in [2.05, 4.69) is 20.1 Å². The molecular formula is C18H27N5O. The van der Waals surface area contributed by atoms with E-state index < -0.39 is 0 Å². The largest absolute Gasteiger partial charge is 0.356 e. The van der Waals surface area contributed by atoms with Gasteiger partial charge in [-0.3, -0.25) is 9.69 Å². The van der Waals surface area contributed by atoms with Gasteiger partial charge in [0.2, 0.25) is 0 Å². The van der Waals surface area contributed by atoms with Crippen LogP contribution >= 0.6 is 0 Å². The summed E-state index contributed by atoms with van der Waals surface area (Å²) in [5.41, 5.74) is 0.778. The van der Waals surface area contributed by atoms with Crippen LogP contribution < -0.4 is 10.2 Å². The summed E-state index contributed by atoms with van der Waals surface area (Å²) >= 11 is 0. The summed E-state index contributed by atoms with van der Waals surface area (Å²) in [4.78, 5) is 24.4. The van der Waals surface area contributed by atoms with Crippen LogP contribution in [0, 0.1) is 0 Å². The van der Waals surface area contributed by atoms with Crippen molar-refractivity contribution in [3.05, 3.63) is 23.9 Å². The molecule has 1 aromatic heterocycles. The minimum atomic E-state index is 0.155. The Labute approximate surface area is 143 Å². The Balaban J connectivity index is 1.46. The molecule has 3 saturated heterocycles. The van der Waals surface area contributed by atoms with Gasteiger partial charge in [-0.1, -0.05) is 0 Å². The van der Waals surface area contributed by atoms with Crippen LogP contribution in [-0.2, 0) is 0 Å². The van der Waals surface area contributed by atoms with Gasteiger partial charge in [0.05, 0.1) is 5.56 Å². The number of pyridine rings is 1. The predicted molar refractivity (Wildman–Crippen MR) is 94.4 cm³/mol. The van der Waals surface area contributed by atoms with Crippen molar-refractivity contribution in [2.75, 3.05) is 57.3 Å². The van der Waals surface area contributed by atoms with Crippen molar-refractivity contribution in [3.8, 4) is 0 Å². The summed E-state index contributed by atoms with van der Waals surface area (Å²) in [6.45, 7) is 8.06. The molecule has 6 nitrogen and oxygen atoms in total. The average Bonchev–Trinajstić information content (AvgIpc) is 3.34. The summed E-state index contributed by atoms with van der Waals surface area (Å²) in [6, 6.07) is 4.35. The van der Waals surface area contributed by atoms with Crippen molar-refractivity contribution in [2.45, 2.75) is 25.3 Å². The molecule has 1 amide bonds. The number of carbonyl (C=O) groups is 1. The van der Waals surface area contributed by atoms with Crippen LogP contribution in [0.2, 0.25) is 0 Å². The highest BCUT2D eigenvalue weighted by Crippen LogP contribution is 2.25. The quantitative estimate of drug-likeness (QED) is 0.889. The Morgan fingerprint density at radius 1 is 1.12 bits per heavy atom. The van der Waals surface area contributed by atoms with E-state index in [9.17, 15) is 4.79 Å². The smallest absolute Gasteiger partial charge is 0.257 e. The van der Waals surface area contributed by atoms with E-state index in [1.54, 1.807) is 6.20 Å². The van der Waals surface area contributed by atoms with Crippen molar-refractivity contribution in [2.24, 2.45) is 0 Å². The Morgan fingerprint density at radius 2 is 1.92 bits per heavy atom. The van der Waals surface area contributed by atoms with Gasteiger partial charge >= 0.3 is 0 Å². The minimum absolute atomic E-state index is 0.155. The summed E-state index contributed by atoms with van der Waals surface area (Å²) < 4.78 is 0. The highest BCUT2D eigenvalue weighted by atomic mass is 16.2. The maximum absolute atomic E-state index is 13.1. The van der Waals surface area contributed by atoms with Crippen molar-refractivity contribution in [1.82, 2.24) is 20.1 Å². The second-order valence-corrected chi connectivity index (χ2v) is 7.05. The van der Waals surface area contributed by atoms with Gasteiger partial charge in [-0.2, -0.15) is 0 Å². The molecule has 0 saturated carbocycles. The molecule has 4 rings (SSSR count). The summed E-state index contributed by atoms with van der Waals surface area (Å²) in [6.07, 6.45) is 5.28. The van der Waals surface area contributed by atoms with E-state index >= 15 is 0 Å². The van der Waals surface area contributed by atoms with Crippen LogP contribution in [0.25, 0.3) is 0 Å². The fraction of sp³-hybridized carbons (Fsp3) is 0.667. The number of rotatable bonds is 3. The van der Waals surface area contributed by atoms with Crippen molar-refractivity contribution < 1.29 is 4.79 Å². The molecule has 1 N–H and O–H groups in total. The monoisotopic (exact) mass is 329 g/mol. The zero-order chi connectivity index (χ0) is 16.4. The van der Waals surface area contributed by atoms with Crippen LogP contribution in [0.5, 0.6) is 0 Å². The Bertz CT molecular complexity index is 581. The van der Waals surface area contributed by atoms with E-state index in [0.29, 0.717) is 6.04 Å². The first-order chi connectivity index (χ1) is 11.8. The number of carbonyl (C=O) groups excluding carboxylic acids is 1. The number of aromatic nitrogens is 1. The lowest BCUT2D eigenvalue weighted by Crippen LogP contribution is -2.49. The zero-order valence-electron chi connectivity index (χ0n) is 14.3. The molecule has 3 fully saturated rings. The van der Waals surface area contributed by atoms with Crippen LogP contribution in [0.4, 0.5) is 5.82 Å². The van der Waals surface area contributed by atoms with E-state index in [1.807, 2.05) is 17.0 Å². The van der Waals surface area contributed by atoms with E-state index in [1.165, 1.54) is 12.8 Å². The number of nitrogens with zero attached hydrogens (tertiary/aromatic N) is 4. The number of nitrogens with one attached hydrogen (secondary N) is 1. The van der Waals surface area contributed by atoms with E-state index in [-0.39, 0.29) is 5.91 Å². The van der Waals surface area contributed by atoms with Crippen LogP contribution in [0.1, 0.15) is 29.6 Å². The summed E-state index contributed by atoms with van der Waals surface area (Å²) in [5, 5.41) is 3.40. The second-order valence-electron chi connectivity index (χ2n) is 7.05. The number of hydrogen-bond donors (Lipinski definition) is 1. The molecule has 0 spiro atoms. The lowest BCUT2D eigenvalue weighted by molar-refractivity contribution is 0.0773. The molecule has 1 aromatic rings. The number of amides is 1. The SMILES string of the molecule is O=C(c1cccnc1N1CCCC1)N1CCC(N2CCNCC2)C1. The van der Waals surface area contributed by atoms with Crippen molar-refractivity contribution >= 4 is 11.7 Å². The summed E-state index contributed by atoms with van der Waals surface area (Å²) in [7, 11) is 0. The fourth-order valence-electron chi connectivity index (χ4n) is 4.19. The third-order valence-electron chi connectivity index (χ3n) is 5.54. The minimum Gasteiger partial charge on any atom is -0.356 e. The maximum Gasteiger partial charge on any atom is 0.257 e. The van der Waals surface area contributed by atoms with Gasteiger partial charge in [-0.05, 0) is 31.4 Å². The molecule has 1 unspecified atom stereocenters. The molecule has 0 aromatic carbocycles. The highest BCUT2D eigenvalue weighted by molar-refractivity contribution is 5.99. The molecule has 130 valence electrons. The topological polar surface area (TPSA) is 51.7 Å². The molecule has 1 atom stereocenters. The third-order valence-corrected chi connectivity index (χ3v) is 5.54. The Kier molecular flexibility index (Phi) is 4.67. The zero-order valence-corrected chi connectivity index (χ0v) is 14.3. The molecule has 3 aliphatic heterocycles. The Morgan fingerprint density at radius 3 is 2.71 bits per heavy atom. The number of hydrogen-bond acceptors (Lipinski definition) is 5. The van der Waals surface area contributed by atoms with Gasteiger partial charge < -0.3 is 15.1 Å². The first-order valence-electron chi connectivity index (χ1n) is 9.27. The van der Waals surface area contributed by atoms with Gasteiger partial charge in [-0.25, -0.2) is 4.98 Å². The molecule has 4 heterocycles. The first kappa shape index (κ1) is 15.8. The number of anilines is 1. The third kappa shape index (κ3) is 3.13. The molecule has 0 aliphatic carbocycles. The molecule has 0 bridgehead atoms. The van der Waals surface area contributed by atoms with Gasteiger partial charge in [-0.15, -0.1) is 0 Å². The number of piperazine rings is 1. The van der Waals surface area contributed by atoms with Crippen molar-refractivity contribution in [3.63, 3.8) is 0 Å². The van der Waals surface area contributed by atoms with Crippen molar-refractivity contribution in [1.29, 1.82) is 0 Å². The van der Waals surface area contributed by atoms with Gasteiger partial charge in [0, 0.05) is 64.6 Å². The highest BCUT2D eigenvalue weighted by Gasteiger charge is 2.33. The second kappa shape index (κ2) is 7.07. The van der Waals surface area contributed by atoms with E-state index in [0.717, 1.165) is 70.2 Å². The maximum atomic E-state index is 13.1. The normalized spacial score (nSPS) is 25.4. The molecule has 0 radical (unpaired) electrons. The lowest BCUT2D eigenvalue weighted by atomic mass is 10.2. The van der Waals surface area contributed by atoms with Crippen LogP contribution in [0.15, 0.2) is 18.3 Å². The average molecular weight is 329 g/mol. The fourth-order valence-corrected chi connectivity index (χ4v) is 4.19. The Hall–Kier alpha value is -1.66. The van der Waals surface area contributed by atoms with Crippen LogP contribution in [0.3, 0.4) is 0 Å². The summed E-state index contributed by atoms with van der Waals surface area (Å²) in [5.74, 6) is 1.04. The van der Waals surface area contributed by atoms with Gasteiger partial charge in [0.15, 0.2) is 0 Å². The van der Waals surface area contributed by atoms with Gasteiger partial charge in [0.25, 0.3) is 5.91 Å².